The molecule has 0 radical (unpaired) electrons. The van der Waals surface area contributed by atoms with Crippen molar-refractivity contribution in [3.05, 3.63) is 34.1 Å². The van der Waals surface area contributed by atoms with E-state index in [4.69, 9.17) is 0 Å². The van der Waals surface area contributed by atoms with E-state index in [0.29, 0.717) is 10.0 Å². The normalized spacial score (nSPS) is 11.9. The zero-order valence-electron chi connectivity index (χ0n) is 10.0. The molecule has 0 atom stereocenters. The van der Waals surface area contributed by atoms with Crippen LogP contribution in [0.15, 0.2) is 22.7 Å². The average molecular weight is 361 g/mol. The number of ketones is 1. The van der Waals surface area contributed by atoms with Crippen LogP contribution < -0.4 is 0 Å². The summed E-state index contributed by atoms with van der Waals surface area (Å²) in [5, 5.41) is 0. The van der Waals surface area contributed by atoms with Crippen LogP contribution >= 0.6 is 15.9 Å². The summed E-state index contributed by atoms with van der Waals surface area (Å²) in [5.41, 5.74) is 0.319. The number of ether oxygens (including phenoxy) is 1. The molecule has 0 N–H and O–H groups in total. The Morgan fingerprint density at radius 1 is 1.35 bits per heavy atom. The first-order valence-electron chi connectivity index (χ1n) is 5.41. The number of benzene rings is 1. The summed E-state index contributed by atoms with van der Waals surface area (Å²) in [5.74, 6) is -5.47. The zero-order chi connectivity index (χ0) is 15.3. The second-order valence-corrected chi connectivity index (χ2v) is 4.86. The van der Waals surface area contributed by atoms with Crippen LogP contribution in [0.4, 0.5) is 22.0 Å². The van der Waals surface area contributed by atoms with E-state index in [0.717, 1.165) is 6.07 Å². The Kier molecular flexibility index (Phi) is 6.07. The highest BCUT2D eigenvalue weighted by Crippen LogP contribution is 2.23. The fourth-order valence-corrected chi connectivity index (χ4v) is 1.69. The number of halogens is 6. The number of carbonyl (C=O) groups excluding carboxylic acids is 1. The van der Waals surface area contributed by atoms with E-state index in [1.165, 1.54) is 12.1 Å². The van der Waals surface area contributed by atoms with Crippen molar-refractivity contribution < 1.29 is 31.5 Å². The van der Waals surface area contributed by atoms with Gasteiger partial charge in [0.2, 0.25) is 0 Å². The summed E-state index contributed by atoms with van der Waals surface area (Å²) in [4.78, 5) is 11.4. The minimum atomic E-state index is -4.29. The first kappa shape index (κ1) is 17.0. The smallest absolute Gasteiger partial charge is 0.330 e. The first-order valence-corrected chi connectivity index (χ1v) is 6.21. The molecule has 0 spiro atoms. The number of carbonyl (C=O) groups is 1. The van der Waals surface area contributed by atoms with Gasteiger partial charge in [-0.1, -0.05) is 15.9 Å². The van der Waals surface area contributed by atoms with Gasteiger partial charge in [-0.2, -0.15) is 8.78 Å². The molecule has 0 saturated carbocycles. The third-order valence-electron chi connectivity index (χ3n) is 2.27. The summed E-state index contributed by atoms with van der Waals surface area (Å²) in [6.07, 6.45) is -4.10. The molecular weight excluding hydrogens is 351 g/mol. The lowest BCUT2D eigenvalue weighted by Crippen LogP contribution is -2.33. The zero-order valence-corrected chi connectivity index (χ0v) is 11.6. The fourth-order valence-electron chi connectivity index (χ4n) is 1.31. The van der Waals surface area contributed by atoms with E-state index < -0.39 is 37.2 Å². The highest BCUT2D eigenvalue weighted by atomic mass is 79.9. The fraction of sp³-hybridized carbons (Fsp3) is 0.417. The van der Waals surface area contributed by atoms with Crippen molar-refractivity contribution in [2.45, 2.75) is 18.8 Å². The van der Waals surface area contributed by atoms with E-state index >= 15 is 0 Å². The molecule has 0 aliphatic heterocycles. The summed E-state index contributed by atoms with van der Waals surface area (Å²) in [7, 11) is 0. The van der Waals surface area contributed by atoms with Gasteiger partial charge >= 0.3 is 12.3 Å². The third kappa shape index (κ3) is 5.16. The van der Waals surface area contributed by atoms with Gasteiger partial charge in [0.05, 0.1) is 0 Å². The van der Waals surface area contributed by atoms with E-state index in [-0.39, 0.29) is 6.42 Å². The van der Waals surface area contributed by atoms with Gasteiger partial charge in [-0.25, -0.2) is 13.2 Å². The lowest BCUT2D eigenvalue weighted by molar-refractivity contribution is -0.168. The molecule has 0 unspecified atom stereocenters. The second-order valence-electron chi connectivity index (χ2n) is 4.01. The van der Waals surface area contributed by atoms with Crippen LogP contribution in [-0.2, 0) is 16.0 Å². The third-order valence-corrected chi connectivity index (χ3v) is 3.05. The lowest BCUT2D eigenvalue weighted by atomic mass is 10.1. The average Bonchev–Trinajstić information content (AvgIpc) is 2.33. The number of hydrogen-bond acceptors (Lipinski definition) is 2. The number of hydrogen-bond donors (Lipinski definition) is 0. The molecule has 1 aromatic carbocycles. The molecule has 112 valence electrons. The topological polar surface area (TPSA) is 26.3 Å². The van der Waals surface area contributed by atoms with Crippen LogP contribution in [0.25, 0.3) is 0 Å². The van der Waals surface area contributed by atoms with Crippen LogP contribution in [-0.4, -0.2) is 31.3 Å². The summed E-state index contributed by atoms with van der Waals surface area (Å²) >= 11 is 3.10. The molecule has 0 saturated heterocycles. The molecule has 0 aliphatic rings. The minimum Gasteiger partial charge on any atom is -0.367 e. The maximum absolute atomic E-state index is 12.9. The van der Waals surface area contributed by atoms with Crippen molar-refractivity contribution in [1.82, 2.24) is 0 Å². The van der Waals surface area contributed by atoms with Crippen LogP contribution in [0.2, 0.25) is 0 Å². The SMILES string of the molecule is O=C(COCC(F)(F)C(F)F)Cc1cc(F)ccc1Br. The van der Waals surface area contributed by atoms with Crippen molar-refractivity contribution in [2.75, 3.05) is 13.2 Å². The maximum atomic E-state index is 12.9. The highest BCUT2D eigenvalue weighted by molar-refractivity contribution is 9.10. The Morgan fingerprint density at radius 2 is 2.00 bits per heavy atom. The van der Waals surface area contributed by atoms with Gasteiger partial charge in [-0.3, -0.25) is 4.79 Å². The second kappa shape index (κ2) is 7.12. The van der Waals surface area contributed by atoms with Crippen molar-refractivity contribution in [1.29, 1.82) is 0 Å². The minimum absolute atomic E-state index is 0.251. The van der Waals surface area contributed by atoms with Gasteiger partial charge < -0.3 is 4.74 Å². The molecule has 0 aliphatic carbocycles. The van der Waals surface area contributed by atoms with Crippen LogP contribution in [0.5, 0.6) is 0 Å². The monoisotopic (exact) mass is 360 g/mol. The molecule has 1 rings (SSSR count). The van der Waals surface area contributed by atoms with Crippen LogP contribution in [0.3, 0.4) is 0 Å². The molecule has 0 fully saturated rings. The predicted octanol–water partition coefficient (Wildman–Crippen LogP) is 3.62. The highest BCUT2D eigenvalue weighted by Gasteiger charge is 2.41. The van der Waals surface area contributed by atoms with Gasteiger partial charge in [0.1, 0.15) is 19.0 Å². The Balaban J connectivity index is 2.47. The molecule has 0 amide bonds. The molecule has 2 nitrogen and oxygen atoms in total. The van der Waals surface area contributed by atoms with Gasteiger partial charge in [0, 0.05) is 10.9 Å². The van der Waals surface area contributed by atoms with Crippen molar-refractivity contribution in [2.24, 2.45) is 0 Å². The van der Waals surface area contributed by atoms with E-state index in [9.17, 15) is 26.7 Å². The molecule has 0 aromatic heterocycles. The molecule has 0 bridgehead atoms. The largest absolute Gasteiger partial charge is 0.367 e. The van der Waals surface area contributed by atoms with E-state index in [1.807, 2.05) is 0 Å². The van der Waals surface area contributed by atoms with Gasteiger partial charge in [-0.15, -0.1) is 0 Å². The number of rotatable bonds is 7. The standard InChI is InChI=1S/C12H10BrF5O2/c13-10-2-1-8(14)3-7(10)4-9(19)5-20-6-12(17,18)11(15)16/h1-3,11H,4-6H2. The quantitative estimate of drug-likeness (QED) is 0.694. The van der Waals surface area contributed by atoms with Crippen LogP contribution in [0, 0.1) is 5.82 Å². The Labute approximate surface area is 120 Å². The Bertz CT molecular complexity index is 479. The van der Waals surface area contributed by atoms with Crippen molar-refractivity contribution >= 4 is 21.7 Å². The van der Waals surface area contributed by atoms with Crippen LogP contribution in [0.1, 0.15) is 5.56 Å². The first-order chi connectivity index (χ1) is 9.22. The Morgan fingerprint density at radius 3 is 2.60 bits per heavy atom. The molecule has 20 heavy (non-hydrogen) atoms. The summed E-state index contributed by atoms with van der Waals surface area (Å²) in [6.45, 7) is -2.29. The Hall–Kier alpha value is -1.02. The molecule has 1 aromatic rings. The lowest BCUT2D eigenvalue weighted by Gasteiger charge is -2.14. The van der Waals surface area contributed by atoms with E-state index in [2.05, 4.69) is 20.7 Å². The summed E-state index contributed by atoms with van der Waals surface area (Å²) in [6, 6.07) is 3.68. The predicted molar refractivity (Wildman–Crippen MR) is 64.6 cm³/mol. The van der Waals surface area contributed by atoms with Gasteiger partial charge in [-0.05, 0) is 23.8 Å². The van der Waals surface area contributed by atoms with Gasteiger partial charge in [0.25, 0.3) is 0 Å². The number of Topliss-reactive ketones (excluding diaryl/α,β-unsaturated/α-hetero) is 1. The molecular formula is C12H10BrF5O2. The van der Waals surface area contributed by atoms with Gasteiger partial charge in [0.15, 0.2) is 5.78 Å². The van der Waals surface area contributed by atoms with Crippen molar-refractivity contribution in [3.63, 3.8) is 0 Å². The molecule has 0 heterocycles. The van der Waals surface area contributed by atoms with Crippen molar-refractivity contribution in [3.8, 4) is 0 Å². The maximum Gasteiger partial charge on any atom is 0.330 e. The van der Waals surface area contributed by atoms with E-state index in [1.54, 1.807) is 0 Å². The summed E-state index contributed by atoms with van der Waals surface area (Å²) < 4.78 is 66.3. The molecule has 8 heteroatoms. The number of alkyl halides is 4.